The van der Waals surface area contributed by atoms with E-state index in [0.717, 1.165) is 5.56 Å². The van der Waals surface area contributed by atoms with Gasteiger partial charge < -0.3 is 14.8 Å². The normalized spacial score (nSPS) is 10.4. The van der Waals surface area contributed by atoms with Crippen molar-refractivity contribution in [2.45, 2.75) is 6.61 Å². The number of halogens is 2. The zero-order chi connectivity index (χ0) is 18.5. The third-order valence-corrected chi connectivity index (χ3v) is 5.05. The minimum absolute atomic E-state index is 0.234. The number of anilines is 1. The predicted octanol–water partition coefficient (Wildman–Crippen LogP) is 5.89. The van der Waals surface area contributed by atoms with Gasteiger partial charge in [-0.1, -0.05) is 35.3 Å². The van der Waals surface area contributed by atoms with E-state index in [0.29, 0.717) is 38.7 Å². The van der Waals surface area contributed by atoms with Crippen LogP contribution in [-0.4, -0.2) is 13.0 Å². The quantitative estimate of drug-likeness (QED) is 0.553. The van der Waals surface area contributed by atoms with Crippen LogP contribution in [0.25, 0.3) is 0 Å². The average Bonchev–Trinajstić information content (AvgIpc) is 3.11. The van der Waals surface area contributed by atoms with E-state index in [1.807, 2.05) is 29.6 Å². The highest BCUT2D eigenvalue weighted by molar-refractivity contribution is 7.12. The summed E-state index contributed by atoms with van der Waals surface area (Å²) in [7, 11) is 1.59. The van der Waals surface area contributed by atoms with Crippen LogP contribution < -0.4 is 14.8 Å². The number of thiophene rings is 1. The van der Waals surface area contributed by atoms with E-state index in [1.165, 1.54) is 11.3 Å². The smallest absolute Gasteiger partial charge is 0.265 e. The summed E-state index contributed by atoms with van der Waals surface area (Å²) >= 11 is 13.3. The van der Waals surface area contributed by atoms with Gasteiger partial charge in [-0.05, 0) is 41.8 Å². The highest BCUT2D eigenvalue weighted by Crippen LogP contribution is 2.28. The summed E-state index contributed by atoms with van der Waals surface area (Å²) in [4.78, 5) is 13.0. The van der Waals surface area contributed by atoms with Gasteiger partial charge in [0.15, 0.2) is 11.5 Å². The average molecular weight is 408 g/mol. The molecule has 134 valence electrons. The first kappa shape index (κ1) is 18.6. The standard InChI is InChI=1S/C19H15Cl2NO3S/c1-24-16-4-2-3-5-17(16)25-10-12-8-18(26-11-12)19(23)22-15-7-6-13(20)9-14(15)21/h2-9,11H,10H2,1H3,(H,22,23). The van der Waals surface area contributed by atoms with Gasteiger partial charge in [0.1, 0.15) is 6.61 Å². The summed E-state index contributed by atoms with van der Waals surface area (Å²) in [6, 6.07) is 14.1. The number of methoxy groups -OCH3 is 1. The fraction of sp³-hybridized carbons (Fsp3) is 0.105. The summed E-state index contributed by atoms with van der Waals surface area (Å²) in [5.41, 5.74) is 1.41. The van der Waals surface area contributed by atoms with Crippen molar-refractivity contribution >= 4 is 46.1 Å². The van der Waals surface area contributed by atoms with Gasteiger partial charge >= 0.3 is 0 Å². The SMILES string of the molecule is COc1ccccc1OCc1csc(C(=O)Nc2ccc(Cl)cc2Cl)c1. The second-order valence-electron chi connectivity index (χ2n) is 5.34. The molecule has 0 fully saturated rings. The van der Waals surface area contributed by atoms with Crippen LogP contribution in [0.1, 0.15) is 15.2 Å². The largest absolute Gasteiger partial charge is 0.493 e. The molecule has 3 aromatic rings. The van der Waals surface area contributed by atoms with Crippen molar-refractivity contribution in [3.8, 4) is 11.5 Å². The third kappa shape index (κ3) is 4.49. The van der Waals surface area contributed by atoms with E-state index in [4.69, 9.17) is 32.7 Å². The lowest BCUT2D eigenvalue weighted by Gasteiger charge is -2.09. The molecule has 1 amide bonds. The molecule has 7 heteroatoms. The molecule has 1 N–H and O–H groups in total. The lowest BCUT2D eigenvalue weighted by Crippen LogP contribution is -2.10. The Morgan fingerprint density at radius 3 is 2.62 bits per heavy atom. The van der Waals surface area contributed by atoms with Crippen molar-refractivity contribution in [3.05, 3.63) is 74.4 Å². The summed E-state index contributed by atoms with van der Waals surface area (Å²) in [5.74, 6) is 1.08. The molecule has 26 heavy (non-hydrogen) atoms. The Bertz CT molecular complexity index is 927. The molecular formula is C19H15Cl2NO3S. The minimum atomic E-state index is -0.234. The second-order valence-corrected chi connectivity index (χ2v) is 7.09. The van der Waals surface area contributed by atoms with Crippen molar-refractivity contribution in [2.75, 3.05) is 12.4 Å². The van der Waals surface area contributed by atoms with Crippen molar-refractivity contribution in [3.63, 3.8) is 0 Å². The second kappa shape index (κ2) is 8.45. The zero-order valence-corrected chi connectivity index (χ0v) is 16.1. The van der Waals surface area contributed by atoms with Crippen LogP contribution >= 0.6 is 34.5 Å². The Kier molecular flexibility index (Phi) is 6.04. The number of benzene rings is 2. The highest BCUT2D eigenvalue weighted by Gasteiger charge is 2.12. The number of hydrogen-bond acceptors (Lipinski definition) is 4. The van der Waals surface area contributed by atoms with Crippen LogP contribution in [-0.2, 0) is 6.61 Å². The number of amides is 1. The molecule has 0 aliphatic rings. The number of ether oxygens (including phenoxy) is 2. The number of rotatable bonds is 6. The molecular weight excluding hydrogens is 393 g/mol. The van der Waals surface area contributed by atoms with Crippen LogP contribution in [0, 0.1) is 0 Å². The van der Waals surface area contributed by atoms with Gasteiger partial charge in [0.2, 0.25) is 0 Å². The Labute approximate surface area is 165 Å². The number of hydrogen-bond donors (Lipinski definition) is 1. The van der Waals surface area contributed by atoms with Crippen molar-refractivity contribution in [1.29, 1.82) is 0 Å². The molecule has 0 unspecified atom stereocenters. The topological polar surface area (TPSA) is 47.6 Å². The molecule has 0 aliphatic heterocycles. The van der Waals surface area contributed by atoms with Gasteiger partial charge in [0.05, 0.1) is 22.7 Å². The maximum absolute atomic E-state index is 12.4. The maximum atomic E-state index is 12.4. The number of nitrogens with one attached hydrogen (secondary N) is 1. The Hall–Kier alpha value is -2.21. The summed E-state index contributed by atoms with van der Waals surface area (Å²) in [6.45, 7) is 0.339. The van der Waals surface area contributed by atoms with Crippen LogP contribution in [0.15, 0.2) is 53.9 Å². The predicted molar refractivity (Wildman–Crippen MR) is 106 cm³/mol. The molecule has 1 heterocycles. The van der Waals surface area contributed by atoms with Gasteiger partial charge in [0, 0.05) is 10.6 Å². The summed E-state index contributed by atoms with van der Waals surface area (Å²) in [5, 5.41) is 5.57. The first-order valence-electron chi connectivity index (χ1n) is 7.66. The van der Waals surface area contributed by atoms with E-state index in [1.54, 1.807) is 31.4 Å². The first-order valence-corrected chi connectivity index (χ1v) is 9.30. The van der Waals surface area contributed by atoms with Crippen molar-refractivity contribution in [1.82, 2.24) is 0 Å². The Balaban J connectivity index is 1.64. The number of para-hydroxylation sites is 2. The molecule has 1 aromatic heterocycles. The zero-order valence-electron chi connectivity index (χ0n) is 13.8. The molecule has 0 saturated heterocycles. The first-order chi connectivity index (χ1) is 12.6. The fourth-order valence-corrected chi connectivity index (χ4v) is 3.49. The van der Waals surface area contributed by atoms with Gasteiger partial charge in [-0.3, -0.25) is 4.79 Å². The van der Waals surface area contributed by atoms with Crippen LogP contribution in [0.5, 0.6) is 11.5 Å². The minimum Gasteiger partial charge on any atom is -0.493 e. The lowest BCUT2D eigenvalue weighted by atomic mass is 10.3. The van der Waals surface area contributed by atoms with Crippen LogP contribution in [0.4, 0.5) is 5.69 Å². The van der Waals surface area contributed by atoms with Gasteiger partial charge in [-0.15, -0.1) is 11.3 Å². The van der Waals surface area contributed by atoms with Crippen molar-refractivity contribution < 1.29 is 14.3 Å². The van der Waals surface area contributed by atoms with Crippen molar-refractivity contribution in [2.24, 2.45) is 0 Å². The van der Waals surface area contributed by atoms with Crippen LogP contribution in [0.2, 0.25) is 10.0 Å². The van der Waals surface area contributed by atoms with E-state index in [9.17, 15) is 4.79 Å². The van der Waals surface area contributed by atoms with Gasteiger partial charge in [0.25, 0.3) is 5.91 Å². The third-order valence-electron chi connectivity index (χ3n) is 3.52. The van der Waals surface area contributed by atoms with E-state index in [2.05, 4.69) is 5.32 Å². The molecule has 0 bridgehead atoms. The van der Waals surface area contributed by atoms with E-state index < -0.39 is 0 Å². The number of carbonyl (C=O) groups is 1. The van der Waals surface area contributed by atoms with E-state index in [-0.39, 0.29) is 5.91 Å². The Morgan fingerprint density at radius 1 is 1.12 bits per heavy atom. The monoisotopic (exact) mass is 407 g/mol. The molecule has 4 nitrogen and oxygen atoms in total. The Morgan fingerprint density at radius 2 is 1.88 bits per heavy atom. The number of carbonyl (C=O) groups excluding carboxylic acids is 1. The molecule has 0 aliphatic carbocycles. The van der Waals surface area contributed by atoms with Crippen LogP contribution in [0.3, 0.4) is 0 Å². The van der Waals surface area contributed by atoms with Gasteiger partial charge in [-0.2, -0.15) is 0 Å². The summed E-state index contributed by atoms with van der Waals surface area (Å²) < 4.78 is 11.0. The molecule has 3 rings (SSSR count). The summed E-state index contributed by atoms with van der Waals surface area (Å²) in [6.07, 6.45) is 0. The molecule has 0 radical (unpaired) electrons. The molecule has 0 spiro atoms. The van der Waals surface area contributed by atoms with Gasteiger partial charge in [-0.25, -0.2) is 0 Å². The maximum Gasteiger partial charge on any atom is 0.265 e. The highest BCUT2D eigenvalue weighted by atomic mass is 35.5. The lowest BCUT2D eigenvalue weighted by molar-refractivity contribution is 0.103. The molecule has 0 atom stereocenters. The molecule has 2 aromatic carbocycles. The molecule has 0 saturated carbocycles. The fourth-order valence-electron chi connectivity index (χ4n) is 2.24. The van der Waals surface area contributed by atoms with E-state index >= 15 is 0 Å².